The fourth-order valence-corrected chi connectivity index (χ4v) is 5.42. The Kier molecular flexibility index (Phi) is 7.12. The smallest absolute Gasteiger partial charge is 0.306 e. The van der Waals surface area contributed by atoms with Crippen LogP contribution in [0.1, 0.15) is 78.1 Å². The van der Waals surface area contributed by atoms with Gasteiger partial charge in [-0.15, -0.1) is 0 Å². The molecule has 4 nitrogen and oxygen atoms in total. The van der Waals surface area contributed by atoms with Gasteiger partial charge in [0.15, 0.2) is 0 Å². The molecular weight excluding hydrogens is 304 g/mol. The molecule has 138 valence electrons. The number of unbranched alkanes of at least 4 members (excludes halogenated alkanes) is 2. The van der Waals surface area contributed by atoms with E-state index in [1.54, 1.807) is 0 Å². The Morgan fingerprint density at radius 3 is 2.08 bits per heavy atom. The van der Waals surface area contributed by atoms with E-state index in [0.29, 0.717) is 18.3 Å². The van der Waals surface area contributed by atoms with Crippen LogP contribution in [0.15, 0.2) is 0 Å². The molecule has 0 aromatic heterocycles. The summed E-state index contributed by atoms with van der Waals surface area (Å²) in [7, 11) is 0. The second-order valence-corrected chi connectivity index (χ2v) is 8.07. The van der Waals surface area contributed by atoms with E-state index in [9.17, 15) is 19.8 Å². The molecular formula is C20H34O4. The first kappa shape index (κ1) is 19.3. The molecule has 2 saturated carbocycles. The summed E-state index contributed by atoms with van der Waals surface area (Å²) in [5.74, 6) is -0.568. The molecule has 2 fully saturated rings. The van der Waals surface area contributed by atoms with Gasteiger partial charge in [-0.3, -0.25) is 9.59 Å². The zero-order valence-electron chi connectivity index (χ0n) is 15.2. The van der Waals surface area contributed by atoms with Crippen LogP contribution in [0.4, 0.5) is 0 Å². The molecule has 0 heterocycles. The van der Waals surface area contributed by atoms with Gasteiger partial charge in [0.25, 0.3) is 0 Å². The van der Waals surface area contributed by atoms with E-state index in [4.69, 9.17) is 0 Å². The number of rotatable bonds is 8. The van der Waals surface area contributed by atoms with Crippen molar-refractivity contribution in [1.29, 1.82) is 0 Å². The van der Waals surface area contributed by atoms with Crippen molar-refractivity contribution >= 4 is 11.9 Å². The van der Waals surface area contributed by atoms with E-state index in [1.165, 1.54) is 0 Å². The maximum atomic E-state index is 11.8. The molecule has 24 heavy (non-hydrogen) atoms. The molecule has 0 radical (unpaired) electrons. The Balaban J connectivity index is 2.16. The van der Waals surface area contributed by atoms with Crippen molar-refractivity contribution in [3.8, 4) is 0 Å². The molecule has 0 aromatic carbocycles. The van der Waals surface area contributed by atoms with E-state index >= 15 is 0 Å². The molecule has 2 N–H and O–H groups in total. The number of fused-ring (bicyclic) bond motifs is 1. The summed E-state index contributed by atoms with van der Waals surface area (Å²) in [6.45, 7) is 4.29. The maximum Gasteiger partial charge on any atom is 0.306 e. The van der Waals surface area contributed by atoms with Crippen LogP contribution in [0.25, 0.3) is 0 Å². The minimum absolute atomic E-state index is 0.176. The number of hydrogen-bond donors (Lipinski definition) is 2. The highest BCUT2D eigenvalue weighted by Gasteiger charge is 2.48. The molecule has 2 rings (SSSR count). The van der Waals surface area contributed by atoms with E-state index in [0.717, 1.165) is 57.8 Å². The maximum absolute atomic E-state index is 11.8. The van der Waals surface area contributed by atoms with Gasteiger partial charge in [0.05, 0.1) is 11.8 Å². The molecule has 0 aromatic rings. The Labute approximate surface area is 146 Å². The van der Waals surface area contributed by atoms with E-state index in [2.05, 4.69) is 13.8 Å². The lowest BCUT2D eigenvalue weighted by Gasteiger charge is -2.48. The summed E-state index contributed by atoms with van der Waals surface area (Å²) in [4.78, 5) is 23.5. The molecule has 0 amide bonds. The number of aliphatic carboxylic acids is 2. The van der Waals surface area contributed by atoms with Gasteiger partial charge >= 0.3 is 11.9 Å². The van der Waals surface area contributed by atoms with Gasteiger partial charge < -0.3 is 10.2 Å². The number of carboxylic acids is 2. The van der Waals surface area contributed by atoms with E-state index in [1.807, 2.05) is 0 Å². The molecule has 0 aliphatic heterocycles. The molecule has 0 spiro atoms. The standard InChI is InChI=1S/C20H34O4/c1-3-5-7-13-11-14-9-10-16(19(21)22)15(8-6-4-2)17(14)12-18(13)20(23)24/h13-18H,3-12H2,1-2H3,(H,21,22)(H,23,24). The normalized spacial score (nSPS) is 36.1. The Bertz CT molecular complexity index is 433. The van der Waals surface area contributed by atoms with Crippen LogP contribution in [-0.4, -0.2) is 22.2 Å². The highest BCUT2D eigenvalue weighted by molar-refractivity contribution is 5.71. The first-order valence-electron chi connectivity index (χ1n) is 9.95. The molecule has 4 heteroatoms. The van der Waals surface area contributed by atoms with Gasteiger partial charge in [-0.05, 0) is 62.2 Å². The second-order valence-electron chi connectivity index (χ2n) is 8.07. The quantitative estimate of drug-likeness (QED) is 0.665. The van der Waals surface area contributed by atoms with Crippen LogP contribution in [0.3, 0.4) is 0 Å². The van der Waals surface area contributed by atoms with Crippen LogP contribution in [0.2, 0.25) is 0 Å². The average Bonchev–Trinajstić information content (AvgIpc) is 2.56. The second kappa shape index (κ2) is 8.87. The van der Waals surface area contributed by atoms with Crippen molar-refractivity contribution in [2.45, 2.75) is 78.1 Å². The first-order valence-corrected chi connectivity index (χ1v) is 9.95. The lowest BCUT2D eigenvalue weighted by Crippen LogP contribution is -2.45. The number of carboxylic acid groups (broad SMARTS) is 2. The predicted octanol–water partition coefficient (Wildman–Crippen LogP) is 4.82. The van der Waals surface area contributed by atoms with E-state index in [-0.39, 0.29) is 23.7 Å². The van der Waals surface area contributed by atoms with Gasteiger partial charge in [0.1, 0.15) is 0 Å². The van der Waals surface area contributed by atoms with Gasteiger partial charge in [-0.25, -0.2) is 0 Å². The van der Waals surface area contributed by atoms with E-state index < -0.39 is 11.9 Å². The summed E-state index contributed by atoms with van der Waals surface area (Å²) < 4.78 is 0. The third-order valence-corrected chi connectivity index (χ3v) is 6.68. The van der Waals surface area contributed by atoms with Crippen molar-refractivity contribution in [2.75, 3.05) is 0 Å². The van der Waals surface area contributed by atoms with Gasteiger partial charge in [0.2, 0.25) is 0 Å². The number of carbonyl (C=O) groups is 2. The average molecular weight is 338 g/mol. The summed E-state index contributed by atoms with van der Waals surface area (Å²) in [6.07, 6.45) is 9.74. The molecule has 0 bridgehead atoms. The van der Waals surface area contributed by atoms with Gasteiger partial charge in [0, 0.05) is 0 Å². The summed E-state index contributed by atoms with van der Waals surface area (Å²) >= 11 is 0. The molecule has 6 atom stereocenters. The van der Waals surface area contributed by atoms with Crippen molar-refractivity contribution in [3.63, 3.8) is 0 Å². The van der Waals surface area contributed by atoms with Crippen LogP contribution >= 0.6 is 0 Å². The molecule has 0 saturated heterocycles. The third-order valence-electron chi connectivity index (χ3n) is 6.68. The van der Waals surface area contributed by atoms with Crippen molar-refractivity contribution in [1.82, 2.24) is 0 Å². The Morgan fingerprint density at radius 2 is 1.50 bits per heavy atom. The minimum atomic E-state index is -0.672. The summed E-state index contributed by atoms with van der Waals surface area (Å²) in [5, 5.41) is 19.3. The van der Waals surface area contributed by atoms with Crippen LogP contribution in [0, 0.1) is 35.5 Å². The highest BCUT2D eigenvalue weighted by Crippen LogP contribution is 2.52. The lowest BCUT2D eigenvalue weighted by molar-refractivity contribution is -0.152. The third kappa shape index (κ3) is 4.31. The van der Waals surface area contributed by atoms with Crippen LogP contribution in [0.5, 0.6) is 0 Å². The zero-order valence-corrected chi connectivity index (χ0v) is 15.2. The monoisotopic (exact) mass is 338 g/mol. The van der Waals surface area contributed by atoms with Crippen molar-refractivity contribution < 1.29 is 19.8 Å². The van der Waals surface area contributed by atoms with Crippen molar-refractivity contribution in [3.05, 3.63) is 0 Å². The molecule has 2 aliphatic rings. The molecule has 6 unspecified atom stereocenters. The first-order chi connectivity index (χ1) is 11.5. The minimum Gasteiger partial charge on any atom is -0.481 e. The predicted molar refractivity (Wildman–Crippen MR) is 93.7 cm³/mol. The SMILES string of the molecule is CCCCC1CC2CCC(C(=O)O)C(CCCC)C2CC1C(=O)O. The van der Waals surface area contributed by atoms with Crippen molar-refractivity contribution in [2.24, 2.45) is 35.5 Å². The highest BCUT2D eigenvalue weighted by atomic mass is 16.4. The summed E-state index contributed by atoms with van der Waals surface area (Å²) in [5.41, 5.74) is 0. The van der Waals surface area contributed by atoms with Crippen LogP contribution in [-0.2, 0) is 9.59 Å². The van der Waals surface area contributed by atoms with Gasteiger partial charge in [-0.1, -0.05) is 39.5 Å². The Hall–Kier alpha value is -1.06. The van der Waals surface area contributed by atoms with Crippen LogP contribution < -0.4 is 0 Å². The fraction of sp³-hybridized carbons (Fsp3) is 0.900. The molecule has 2 aliphatic carbocycles. The number of hydrogen-bond acceptors (Lipinski definition) is 2. The Morgan fingerprint density at radius 1 is 0.875 bits per heavy atom. The van der Waals surface area contributed by atoms with Gasteiger partial charge in [-0.2, -0.15) is 0 Å². The topological polar surface area (TPSA) is 74.6 Å². The largest absolute Gasteiger partial charge is 0.481 e. The zero-order chi connectivity index (χ0) is 17.7. The fourth-order valence-electron chi connectivity index (χ4n) is 5.42. The lowest BCUT2D eigenvalue weighted by atomic mass is 9.56. The summed E-state index contributed by atoms with van der Waals surface area (Å²) in [6, 6.07) is 0.